The van der Waals surface area contributed by atoms with E-state index in [4.69, 9.17) is 11.6 Å². The van der Waals surface area contributed by atoms with E-state index < -0.39 is 15.3 Å². The molecule has 86 valence electrons. The summed E-state index contributed by atoms with van der Waals surface area (Å²) >= 11 is 6.99. The Morgan fingerprint density at radius 2 is 2.33 bits per heavy atom. The molecule has 0 spiro atoms. The predicted molar refractivity (Wildman–Crippen MR) is 62.7 cm³/mol. The quantitative estimate of drug-likeness (QED) is 0.761. The minimum Gasteiger partial charge on any atom is -0.248 e. The lowest BCUT2D eigenvalue weighted by atomic mass is 10.5. The predicted octanol–water partition coefficient (Wildman–Crippen LogP) is 1.53. The summed E-state index contributed by atoms with van der Waals surface area (Å²) in [6, 6.07) is 0. The molecule has 0 aliphatic rings. The Balaban J connectivity index is 2.72. The van der Waals surface area contributed by atoms with Crippen LogP contribution in [0.1, 0.15) is 12.6 Å². The van der Waals surface area contributed by atoms with E-state index in [0.717, 1.165) is 5.69 Å². The van der Waals surface area contributed by atoms with Crippen molar-refractivity contribution in [2.45, 2.75) is 18.7 Å². The molecule has 7 heteroatoms. The summed E-state index contributed by atoms with van der Waals surface area (Å²) in [6.45, 7) is 1.90. The molecule has 0 radical (unpaired) electrons. The molecule has 0 amide bonds. The van der Waals surface area contributed by atoms with Crippen LogP contribution in [0.4, 0.5) is 0 Å². The Bertz CT molecular complexity index is 391. The van der Waals surface area contributed by atoms with Gasteiger partial charge in [0.05, 0.1) is 23.0 Å². The van der Waals surface area contributed by atoms with Crippen LogP contribution in [0, 0.1) is 0 Å². The molecule has 1 atom stereocenters. The van der Waals surface area contributed by atoms with Gasteiger partial charge in [-0.3, -0.25) is 0 Å². The van der Waals surface area contributed by atoms with Crippen molar-refractivity contribution in [3.05, 3.63) is 16.6 Å². The van der Waals surface area contributed by atoms with Gasteiger partial charge in [0.15, 0.2) is 0 Å². The van der Waals surface area contributed by atoms with Crippen molar-refractivity contribution in [2.75, 3.05) is 12.9 Å². The molecule has 1 aromatic rings. The number of halogens is 1. The lowest BCUT2D eigenvalue weighted by Crippen LogP contribution is -2.35. The van der Waals surface area contributed by atoms with Crippen molar-refractivity contribution in [3.63, 3.8) is 0 Å². The lowest BCUT2D eigenvalue weighted by Gasteiger charge is -2.19. The number of sulfonamides is 1. The molecule has 1 heterocycles. The van der Waals surface area contributed by atoms with Crippen LogP contribution in [0.3, 0.4) is 0 Å². The molecular weight excluding hydrogens is 256 g/mol. The fraction of sp³-hybridized carbons (Fsp3) is 0.625. The number of hydrogen-bond donors (Lipinski definition) is 0. The smallest absolute Gasteiger partial charge is 0.217 e. The molecule has 4 nitrogen and oxygen atoms in total. The Labute approximate surface area is 98.9 Å². The van der Waals surface area contributed by atoms with Crippen LogP contribution in [0.2, 0.25) is 0 Å². The van der Waals surface area contributed by atoms with Crippen molar-refractivity contribution in [2.24, 2.45) is 0 Å². The molecule has 1 aromatic heterocycles. The van der Waals surface area contributed by atoms with Gasteiger partial charge in [-0.2, -0.15) is 4.31 Å². The maximum absolute atomic E-state index is 11.8. The standard InChI is InChI=1S/C8H13ClN2O2S2/c1-7(3-9)15(12,13)11(2)4-8-5-14-6-10-8/h5-7H,3-4H2,1-2H3. The van der Waals surface area contributed by atoms with E-state index in [-0.39, 0.29) is 5.88 Å². The number of aromatic nitrogens is 1. The summed E-state index contributed by atoms with van der Waals surface area (Å²) in [5.41, 5.74) is 2.44. The van der Waals surface area contributed by atoms with Crippen molar-refractivity contribution in [1.29, 1.82) is 0 Å². The van der Waals surface area contributed by atoms with Crippen molar-refractivity contribution >= 4 is 33.0 Å². The average molecular weight is 269 g/mol. The zero-order valence-corrected chi connectivity index (χ0v) is 10.9. The molecule has 1 unspecified atom stereocenters. The van der Waals surface area contributed by atoms with Crippen molar-refractivity contribution in [1.82, 2.24) is 9.29 Å². The summed E-state index contributed by atoms with van der Waals surface area (Å²) in [7, 11) is -1.76. The van der Waals surface area contributed by atoms with E-state index >= 15 is 0 Å². The van der Waals surface area contributed by atoms with E-state index in [9.17, 15) is 8.42 Å². The monoisotopic (exact) mass is 268 g/mol. The van der Waals surface area contributed by atoms with Crippen LogP contribution in [0.15, 0.2) is 10.9 Å². The molecule has 0 saturated heterocycles. The van der Waals surface area contributed by atoms with Gasteiger partial charge in [-0.1, -0.05) is 0 Å². The first kappa shape index (κ1) is 12.9. The third-order valence-corrected chi connectivity index (χ3v) is 5.49. The first-order valence-corrected chi connectivity index (χ1v) is 7.34. The van der Waals surface area contributed by atoms with Gasteiger partial charge in [0.2, 0.25) is 10.0 Å². The van der Waals surface area contributed by atoms with Gasteiger partial charge in [0.25, 0.3) is 0 Å². The highest BCUT2D eigenvalue weighted by molar-refractivity contribution is 7.89. The summed E-state index contributed by atoms with van der Waals surface area (Å²) in [5.74, 6) is 0.101. The van der Waals surface area contributed by atoms with Gasteiger partial charge in [0.1, 0.15) is 0 Å². The van der Waals surface area contributed by atoms with Crippen molar-refractivity contribution in [3.8, 4) is 0 Å². The summed E-state index contributed by atoms with van der Waals surface area (Å²) in [4.78, 5) is 4.03. The molecular formula is C8H13ClN2O2S2. The molecule has 0 aromatic carbocycles. The van der Waals surface area contributed by atoms with Gasteiger partial charge in [-0.25, -0.2) is 13.4 Å². The number of thiazole rings is 1. The van der Waals surface area contributed by atoms with Gasteiger partial charge in [0, 0.05) is 18.3 Å². The van der Waals surface area contributed by atoms with Gasteiger partial charge in [-0.05, 0) is 6.92 Å². The van der Waals surface area contributed by atoms with Crippen LogP contribution in [-0.2, 0) is 16.6 Å². The molecule has 1 rings (SSSR count). The lowest BCUT2D eigenvalue weighted by molar-refractivity contribution is 0.456. The zero-order valence-electron chi connectivity index (χ0n) is 8.55. The average Bonchev–Trinajstić information content (AvgIpc) is 2.68. The molecule has 0 fully saturated rings. The van der Waals surface area contributed by atoms with Crippen molar-refractivity contribution < 1.29 is 8.42 Å². The maximum atomic E-state index is 11.8. The van der Waals surface area contributed by atoms with Gasteiger partial charge >= 0.3 is 0 Å². The first-order valence-electron chi connectivity index (χ1n) is 4.36. The highest BCUT2D eigenvalue weighted by atomic mass is 35.5. The summed E-state index contributed by atoms with van der Waals surface area (Å²) < 4.78 is 24.9. The van der Waals surface area contributed by atoms with Crippen LogP contribution < -0.4 is 0 Å². The van der Waals surface area contributed by atoms with Crippen LogP contribution in [0.25, 0.3) is 0 Å². The molecule has 0 aliphatic heterocycles. The fourth-order valence-electron chi connectivity index (χ4n) is 1.02. The van der Waals surface area contributed by atoms with Crippen LogP contribution in [-0.4, -0.2) is 35.9 Å². The second kappa shape index (κ2) is 5.25. The fourth-order valence-corrected chi connectivity index (χ4v) is 3.13. The second-order valence-electron chi connectivity index (χ2n) is 3.25. The molecule has 15 heavy (non-hydrogen) atoms. The van der Waals surface area contributed by atoms with Gasteiger partial charge in [-0.15, -0.1) is 22.9 Å². The van der Waals surface area contributed by atoms with E-state index in [1.807, 2.05) is 5.38 Å². The van der Waals surface area contributed by atoms with Crippen LogP contribution >= 0.6 is 22.9 Å². The Hall–Kier alpha value is -0.170. The maximum Gasteiger partial charge on any atom is 0.217 e. The summed E-state index contributed by atoms with van der Waals surface area (Å²) in [6.07, 6.45) is 0. The third kappa shape index (κ3) is 3.14. The Kier molecular flexibility index (Phi) is 4.51. The van der Waals surface area contributed by atoms with Gasteiger partial charge < -0.3 is 0 Å². The first-order chi connectivity index (χ1) is 6.98. The number of alkyl halides is 1. The molecule has 0 aliphatic carbocycles. The minimum absolute atomic E-state index is 0.101. The largest absolute Gasteiger partial charge is 0.248 e. The van der Waals surface area contributed by atoms with E-state index in [0.29, 0.717) is 6.54 Å². The number of hydrogen-bond acceptors (Lipinski definition) is 4. The zero-order chi connectivity index (χ0) is 11.5. The topological polar surface area (TPSA) is 50.3 Å². The minimum atomic E-state index is -3.30. The normalized spacial score (nSPS) is 14.4. The Morgan fingerprint density at radius 1 is 1.67 bits per heavy atom. The highest BCUT2D eigenvalue weighted by Crippen LogP contribution is 2.12. The number of nitrogens with zero attached hydrogens (tertiary/aromatic N) is 2. The summed E-state index contributed by atoms with van der Waals surface area (Å²) in [5, 5.41) is 1.26. The van der Waals surface area contributed by atoms with E-state index in [2.05, 4.69) is 4.98 Å². The SMILES string of the molecule is CC(CCl)S(=O)(=O)N(C)Cc1cscn1. The van der Waals surface area contributed by atoms with Crippen LogP contribution in [0.5, 0.6) is 0 Å². The molecule has 0 N–H and O–H groups in total. The number of rotatable bonds is 5. The third-order valence-electron chi connectivity index (χ3n) is 2.03. The Morgan fingerprint density at radius 3 is 2.80 bits per heavy atom. The van der Waals surface area contributed by atoms with E-state index in [1.54, 1.807) is 12.4 Å². The van der Waals surface area contributed by atoms with E-state index in [1.165, 1.54) is 22.7 Å². The second-order valence-corrected chi connectivity index (χ2v) is 6.73. The highest BCUT2D eigenvalue weighted by Gasteiger charge is 2.25. The molecule has 0 bridgehead atoms. The molecule has 0 saturated carbocycles.